The van der Waals surface area contributed by atoms with Crippen molar-refractivity contribution in [2.45, 2.75) is 24.5 Å². The lowest BCUT2D eigenvalue weighted by molar-refractivity contribution is 0.433. The van der Waals surface area contributed by atoms with Gasteiger partial charge < -0.3 is 5.32 Å². The molecule has 4 nitrogen and oxygen atoms in total. The summed E-state index contributed by atoms with van der Waals surface area (Å²) in [4.78, 5) is 0. The summed E-state index contributed by atoms with van der Waals surface area (Å²) in [5.74, 6) is 0. The van der Waals surface area contributed by atoms with Crippen LogP contribution in [0.15, 0.2) is 30.3 Å². The van der Waals surface area contributed by atoms with Crippen LogP contribution in [0.4, 0.5) is 0 Å². The van der Waals surface area contributed by atoms with E-state index in [0.29, 0.717) is 13.1 Å². The Labute approximate surface area is 115 Å². The van der Waals surface area contributed by atoms with Gasteiger partial charge in [0.2, 0.25) is 10.0 Å². The number of nitrogens with one attached hydrogen (secondary N) is 1. The first-order valence-electron chi connectivity index (χ1n) is 6.80. The van der Waals surface area contributed by atoms with Gasteiger partial charge in [-0.1, -0.05) is 30.3 Å². The maximum absolute atomic E-state index is 12.4. The topological polar surface area (TPSA) is 49.4 Å². The lowest BCUT2D eigenvalue weighted by Crippen LogP contribution is -2.45. The Hall–Kier alpha value is -0.910. The summed E-state index contributed by atoms with van der Waals surface area (Å²) in [7, 11) is -1.47. The van der Waals surface area contributed by atoms with E-state index < -0.39 is 10.0 Å². The summed E-state index contributed by atoms with van der Waals surface area (Å²) in [6.45, 7) is 2.06. The Morgan fingerprint density at radius 2 is 2.05 bits per heavy atom. The van der Waals surface area contributed by atoms with Crippen LogP contribution in [0, 0.1) is 0 Å². The maximum atomic E-state index is 12.4. The predicted molar refractivity (Wildman–Crippen MR) is 77.6 cm³/mol. The largest absolute Gasteiger partial charge is 0.315 e. The zero-order valence-corrected chi connectivity index (χ0v) is 12.2. The smallest absolute Gasteiger partial charge is 0.217 e. The molecule has 2 rings (SSSR count). The minimum atomic E-state index is -3.16. The Bertz CT molecular complexity index is 481. The first-order valence-corrected chi connectivity index (χ1v) is 8.31. The molecule has 1 unspecified atom stereocenters. The highest BCUT2D eigenvalue weighted by Crippen LogP contribution is 2.15. The van der Waals surface area contributed by atoms with Gasteiger partial charge in [0.25, 0.3) is 0 Å². The van der Waals surface area contributed by atoms with Gasteiger partial charge in [0.05, 0.1) is 5.25 Å². The molecule has 19 heavy (non-hydrogen) atoms. The molecule has 0 amide bonds. The van der Waals surface area contributed by atoms with Crippen molar-refractivity contribution in [3.63, 3.8) is 0 Å². The molecular weight excluding hydrogens is 260 g/mol. The number of benzene rings is 1. The Morgan fingerprint density at radius 3 is 2.68 bits per heavy atom. The minimum absolute atomic E-state index is 0.262. The van der Waals surface area contributed by atoms with Crippen LogP contribution < -0.4 is 5.32 Å². The summed E-state index contributed by atoms with van der Waals surface area (Å²) in [5.41, 5.74) is 1.17. The van der Waals surface area contributed by atoms with E-state index in [1.54, 1.807) is 7.05 Å². The van der Waals surface area contributed by atoms with Crippen molar-refractivity contribution >= 4 is 10.0 Å². The monoisotopic (exact) mass is 282 g/mol. The van der Waals surface area contributed by atoms with Crippen LogP contribution in [-0.4, -0.2) is 44.7 Å². The van der Waals surface area contributed by atoms with E-state index >= 15 is 0 Å². The van der Waals surface area contributed by atoms with Gasteiger partial charge in [0, 0.05) is 20.1 Å². The molecule has 1 saturated heterocycles. The molecule has 1 aliphatic rings. The van der Waals surface area contributed by atoms with Gasteiger partial charge in [-0.3, -0.25) is 0 Å². The molecule has 5 heteroatoms. The fourth-order valence-electron chi connectivity index (χ4n) is 2.39. The van der Waals surface area contributed by atoms with E-state index in [0.717, 1.165) is 25.8 Å². The van der Waals surface area contributed by atoms with Crippen LogP contribution in [0.25, 0.3) is 0 Å². The zero-order chi connectivity index (χ0) is 13.7. The van der Waals surface area contributed by atoms with Crippen molar-refractivity contribution in [3.05, 3.63) is 35.9 Å². The normalized spacial score (nSPS) is 20.6. The van der Waals surface area contributed by atoms with Crippen LogP contribution in [0.2, 0.25) is 0 Å². The van der Waals surface area contributed by atoms with Crippen LogP contribution in [-0.2, 0) is 16.4 Å². The van der Waals surface area contributed by atoms with Gasteiger partial charge in [0.1, 0.15) is 0 Å². The third-order valence-corrected chi connectivity index (χ3v) is 5.96. The van der Waals surface area contributed by atoms with Crippen molar-refractivity contribution in [2.24, 2.45) is 0 Å². The quantitative estimate of drug-likeness (QED) is 0.884. The van der Waals surface area contributed by atoms with E-state index in [1.165, 1.54) is 9.87 Å². The maximum Gasteiger partial charge on any atom is 0.217 e. The average Bonchev–Trinajstić information content (AvgIpc) is 2.46. The highest BCUT2D eigenvalue weighted by Gasteiger charge is 2.30. The lowest BCUT2D eigenvalue weighted by Gasteiger charge is -2.27. The molecule has 1 atom stereocenters. The number of sulfonamides is 1. The summed E-state index contributed by atoms with van der Waals surface area (Å²) < 4.78 is 26.3. The zero-order valence-electron chi connectivity index (χ0n) is 11.4. The van der Waals surface area contributed by atoms with Crippen molar-refractivity contribution in [1.82, 2.24) is 9.62 Å². The molecule has 0 saturated carbocycles. The summed E-state index contributed by atoms with van der Waals surface area (Å²) >= 11 is 0. The van der Waals surface area contributed by atoms with Gasteiger partial charge in [-0.2, -0.15) is 0 Å². The molecule has 1 heterocycles. The van der Waals surface area contributed by atoms with Crippen LogP contribution in [0.5, 0.6) is 0 Å². The summed E-state index contributed by atoms with van der Waals surface area (Å²) in [6.07, 6.45) is 2.47. The Balaban J connectivity index is 1.93. The van der Waals surface area contributed by atoms with Gasteiger partial charge in [-0.05, 0) is 31.4 Å². The number of likely N-dealkylation sites (N-methyl/N-ethyl adjacent to an activating group) is 1. The van der Waals surface area contributed by atoms with Gasteiger partial charge >= 0.3 is 0 Å². The first kappa shape index (κ1) is 14.5. The number of hydrogen-bond donors (Lipinski definition) is 1. The molecule has 0 spiro atoms. The molecule has 1 aliphatic heterocycles. The first-order chi connectivity index (χ1) is 9.10. The van der Waals surface area contributed by atoms with E-state index in [9.17, 15) is 8.42 Å². The SMILES string of the molecule is CN(CCc1ccccc1)S(=O)(=O)C1CCCNC1. The average molecular weight is 282 g/mol. The number of rotatable bonds is 5. The summed E-state index contributed by atoms with van der Waals surface area (Å²) in [6, 6.07) is 9.99. The number of nitrogens with zero attached hydrogens (tertiary/aromatic N) is 1. The molecule has 0 aliphatic carbocycles. The highest BCUT2D eigenvalue weighted by atomic mass is 32.2. The molecule has 1 aromatic carbocycles. The second-order valence-corrected chi connectivity index (χ2v) is 7.39. The van der Waals surface area contributed by atoms with E-state index in [1.807, 2.05) is 30.3 Å². The van der Waals surface area contributed by atoms with Gasteiger partial charge in [0.15, 0.2) is 0 Å². The highest BCUT2D eigenvalue weighted by molar-refractivity contribution is 7.89. The molecule has 0 radical (unpaired) electrons. The summed E-state index contributed by atoms with van der Waals surface area (Å²) in [5, 5.41) is 2.90. The molecule has 1 N–H and O–H groups in total. The van der Waals surface area contributed by atoms with Crippen LogP contribution in [0.1, 0.15) is 18.4 Å². The van der Waals surface area contributed by atoms with E-state index in [2.05, 4.69) is 5.32 Å². The van der Waals surface area contributed by atoms with Gasteiger partial charge in [-0.25, -0.2) is 12.7 Å². The molecule has 0 aromatic heterocycles. The van der Waals surface area contributed by atoms with E-state index in [4.69, 9.17) is 0 Å². The molecule has 106 valence electrons. The van der Waals surface area contributed by atoms with E-state index in [-0.39, 0.29) is 5.25 Å². The lowest BCUT2D eigenvalue weighted by atomic mass is 10.1. The third-order valence-electron chi connectivity index (χ3n) is 3.67. The molecular formula is C14H22N2O2S. The molecule has 1 fully saturated rings. The third kappa shape index (κ3) is 3.78. The fourth-order valence-corrected chi connectivity index (χ4v) is 4.03. The number of hydrogen-bond acceptors (Lipinski definition) is 3. The van der Waals surface area contributed by atoms with Crippen molar-refractivity contribution in [1.29, 1.82) is 0 Å². The standard InChI is InChI=1S/C14H22N2O2S/c1-16(11-9-13-6-3-2-4-7-13)19(17,18)14-8-5-10-15-12-14/h2-4,6-7,14-15H,5,8-12H2,1H3. The minimum Gasteiger partial charge on any atom is -0.315 e. The van der Waals surface area contributed by atoms with Crippen LogP contribution >= 0.6 is 0 Å². The Kier molecular flexibility index (Phi) is 4.96. The van der Waals surface area contributed by atoms with Gasteiger partial charge in [-0.15, -0.1) is 0 Å². The van der Waals surface area contributed by atoms with Crippen LogP contribution in [0.3, 0.4) is 0 Å². The predicted octanol–water partition coefficient (Wildman–Crippen LogP) is 1.24. The van der Waals surface area contributed by atoms with Crippen molar-refractivity contribution < 1.29 is 8.42 Å². The molecule has 0 bridgehead atoms. The van der Waals surface area contributed by atoms with Crippen molar-refractivity contribution in [3.8, 4) is 0 Å². The second-order valence-electron chi connectivity index (χ2n) is 5.07. The second kappa shape index (κ2) is 6.50. The molecule has 1 aromatic rings. The fraction of sp³-hybridized carbons (Fsp3) is 0.571. The number of piperidine rings is 1. The van der Waals surface area contributed by atoms with Crippen molar-refractivity contribution in [2.75, 3.05) is 26.7 Å². The Morgan fingerprint density at radius 1 is 1.32 bits per heavy atom.